The van der Waals surface area contributed by atoms with Gasteiger partial charge in [-0.25, -0.2) is 4.98 Å². The summed E-state index contributed by atoms with van der Waals surface area (Å²) in [5, 5.41) is 0. The van der Waals surface area contributed by atoms with Crippen LogP contribution in [0.4, 0.5) is 0 Å². The minimum Gasteiger partial charge on any atom is -0.497 e. The molecule has 1 amide bonds. The minimum absolute atomic E-state index is 0.117. The van der Waals surface area contributed by atoms with Gasteiger partial charge < -0.3 is 19.3 Å². The average Bonchev–Trinajstić information content (AvgIpc) is 2.68. The Labute approximate surface area is 159 Å². The second kappa shape index (κ2) is 8.81. The van der Waals surface area contributed by atoms with Crippen molar-refractivity contribution in [2.24, 2.45) is 0 Å². The van der Waals surface area contributed by atoms with Crippen LogP contribution in [0, 0.1) is 0 Å². The average molecular weight is 370 g/mol. The van der Waals surface area contributed by atoms with Crippen molar-refractivity contribution in [1.82, 2.24) is 19.8 Å². The smallest absolute Gasteiger partial charge is 0.241 e. The Balaban J connectivity index is 1.75. The number of carbonyl (C=O) groups is 1. The number of piperidine rings is 1. The summed E-state index contributed by atoms with van der Waals surface area (Å²) >= 11 is 0. The van der Waals surface area contributed by atoms with Crippen LogP contribution in [-0.2, 0) is 4.79 Å². The van der Waals surface area contributed by atoms with Gasteiger partial charge in [0.05, 0.1) is 13.7 Å². The van der Waals surface area contributed by atoms with Gasteiger partial charge in [0.25, 0.3) is 0 Å². The van der Waals surface area contributed by atoms with E-state index in [1.807, 2.05) is 48.2 Å². The third-order valence-electron chi connectivity index (χ3n) is 4.58. The van der Waals surface area contributed by atoms with Crippen molar-refractivity contribution in [3.8, 4) is 17.4 Å². The number of carbonyl (C=O) groups excluding carboxylic acids is 1. The molecule has 1 saturated heterocycles. The van der Waals surface area contributed by atoms with E-state index >= 15 is 0 Å². The molecule has 0 N–H and O–H groups in total. The first-order valence-electron chi connectivity index (χ1n) is 9.12. The van der Waals surface area contributed by atoms with Crippen LogP contribution in [0.1, 0.15) is 24.5 Å². The normalized spacial score (nSPS) is 17.0. The first-order valence-corrected chi connectivity index (χ1v) is 9.12. The standard InChI is InChI=1S/C20H26N4O3/c1-23(2)14-18(25)24-12-4-5-15(13-24)19-20(22-11-10-21-19)27-17-8-6-16(26-3)7-9-17/h6-11,15H,4-5,12-14H2,1-3H3/t15-/m0/s1. The van der Waals surface area contributed by atoms with E-state index in [9.17, 15) is 4.79 Å². The quantitative estimate of drug-likeness (QED) is 0.778. The summed E-state index contributed by atoms with van der Waals surface area (Å²) < 4.78 is 11.2. The zero-order valence-electron chi connectivity index (χ0n) is 16.1. The molecule has 1 aliphatic rings. The van der Waals surface area contributed by atoms with Gasteiger partial charge in [0, 0.05) is 31.4 Å². The van der Waals surface area contributed by atoms with Crippen LogP contribution in [0.25, 0.3) is 0 Å². The Morgan fingerprint density at radius 2 is 1.89 bits per heavy atom. The molecule has 1 aromatic carbocycles. The molecule has 0 bridgehead atoms. The Bertz CT molecular complexity index is 764. The predicted molar refractivity (Wildman–Crippen MR) is 102 cm³/mol. The van der Waals surface area contributed by atoms with Gasteiger partial charge in [0.15, 0.2) is 0 Å². The molecule has 2 aromatic rings. The predicted octanol–water partition coefficient (Wildman–Crippen LogP) is 2.55. The number of benzene rings is 1. The fraction of sp³-hybridized carbons (Fsp3) is 0.450. The fourth-order valence-electron chi connectivity index (χ4n) is 3.25. The van der Waals surface area contributed by atoms with Gasteiger partial charge in [-0.15, -0.1) is 0 Å². The zero-order chi connectivity index (χ0) is 19.2. The van der Waals surface area contributed by atoms with Crippen molar-refractivity contribution in [2.45, 2.75) is 18.8 Å². The van der Waals surface area contributed by atoms with Gasteiger partial charge >= 0.3 is 0 Å². The lowest BCUT2D eigenvalue weighted by atomic mass is 9.94. The number of methoxy groups -OCH3 is 1. The summed E-state index contributed by atoms with van der Waals surface area (Å²) in [7, 11) is 5.44. The maximum absolute atomic E-state index is 12.4. The van der Waals surface area contributed by atoms with E-state index in [4.69, 9.17) is 9.47 Å². The molecule has 0 saturated carbocycles. The van der Waals surface area contributed by atoms with Gasteiger partial charge in [-0.2, -0.15) is 0 Å². The molecule has 144 valence electrons. The Morgan fingerprint density at radius 3 is 2.59 bits per heavy atom. The molecular formula is C20H26N4O3. The van der Waals surface area contributed by atoms with Crippen LogP contribution in [-0.4, -0.2) is 66.5 Å². The van der Waals surface area contributed by atoms with Gasteiger partial charge in [-0.05, 0) is 51.2 Å². The number of hydrogen-bond acceptors (Lipinski definition) is 6. The van der Waals surface area contributed by atoms with Crippen molar-refractivity contribution in [1.29, 1.82) is 0 Å². The number of likely N-dealkylation sites (tertiary alicyclic amines) is 1. The molecule has 7 heteroatoms. The van der Waals surface area contributed by atoms with Crippen molar-refractivity contribution >= 4 is 5.91 Å². The molecule has 3 rings (SSSR count). The van der Waals surface area contributed by atoms with E-state index in [-0.39, 0.29) is 11.8 Å². The summed E-state index contributed by atoms with van der Waals surface area (Å²) in [6, 6.07) is 7.36. The number of likely N-dealkylation sites (N-methyl/N-ethyl adjacent to an activating group) is 1. The van der Waals surface area contributed by atoms with E-state index < -0.39 is 0 Å². The van der Waals surface area contributed by atoms with Crippen LogP contribution in [0.2, 0.25) is 0 Å². The van der Waals surface area contributed by atoms with E-state index in [2.05, 4.69) is 9.97 Å². The van der Waals surface area contributed by atoms with Gasteiger partial charge in [-0.1, -0.05) is 0 Å². The molecule has 27 heavy (non-hydrogen) atoms. The second-order valence-electron chi connectivity index (χ2n) is 6.94. The lowest BCUT2D eigenvalue weighted by Gasteiger charge is -2.33. The first kappa shape index (κ1) is 19.1. The lowest BCUT2D eigenvalue weighted by Crippen LogP contribution is -2.43. The Hall–Kier alpha value is -2.67. The molecule has 1 aromatic heterocycles. The highest BCUT2D eigenvalue weighted by atomic mass is 16.5. The lowest BCUT2D eigenvalue weighted by molar-refractivity contribution is -0.133. The third kappa shape index (κ3) is 4.95. The molecular weight excluding hydrogens is 344 g/mol. The van der Waals surface area contributed by atoms with Crippen LogP contribution in [0.3, 0.4) is 0 Å². The van der Waals surface area contributed by atoms with E-state index in [0.717, 1.165) is 30.8 Å². The van der Waals surface area contributed by atoms with Gasteiger partial charge in [-0.3, -0.25) is 9.78 Å². The number of hydrogen-bond donors (Lipinski definition) is 0. The monoisotopic (exact) mass is 370 g/mol. The molecule has 0 radical (unpaired) electrons. The highest BCUT2D eigenvalue weighted by Gasteiger charge is 2.28. The van der Waals surface area contributed by atoms with Crippen LogP contribution >= 0.6 is 0 Å². The summed E-state index contributed by atoms with van der Waals surface area (Å²) in [4.78, 5) is 25.1. The largest absolute Gasteiger partial charge is 0.497 e. The van der Waals surface area contributed by atoms with Gasteiger partial charge in [0.1, 0.15) is 17.2 Å². The highest BCUT2D eigenvalue weighted by molar-refractivity contribution is 5.78. The minimum atomic E-state index is 0.117. The zero-order valence-corrected chi connectivity index (χ0v) is 16.1. The number of aromatic nitrogens is 2. The van der Waals surface area contributed by atoms with Crippen LogP contribution < -0.4 is 9.47 Å². The summed E-state index contributed by atoms with van der Waals surface area (Å²) in [6.07, 6.45) is 5.21. The topological polar surface area (TPSA) is 67.8 Å². The maximum atomic E-state index is 12.4. The molecule has 0 aliphatic carbocycles. The number of amides is 1. The SMILES string of the molecule is COc1ccc(Oc2nccnc2[C@H]2CCCN(C(=O)CN(C)C)C2)cc1. The maximum Gasteiger partial charge on any atom is 0.241 e. The Morgan fingerprint density at radius 1 is 1.19 bits per heavy atom. The summed E-state index contributed by atoms with van der Waals surface area (Å²) in [5.41, 5.74) is 0.802. The second-order valence-corrected chi connectivity index (χ2v) is 6.94. The molecule has 2 heterocycles. The van der Waals surface area contributed by atoms with Crippen LogP contribution in [0.5, 0.6) is 17.4 Å². The highest BCUT2D eigenvalue weighted by Crippen LogP contribution is 2.33. The van der Waals surface area contributed by atoms with Gasteiger partial charge in [0.2, 0.25) is 11.8 Å². The van der Waals surface area contributed by atoms with Crippen molar-refractivity contribution in [2.75, 3.05) is 40.8 Å². The van der Waals surface area contributed by atoms with Crippen molar-refractivity contribution in [3.05, 3.63) is 42.4 Å². The molecule has 1 aliphatic heterocycles. The van der Waals surface area contributed by atoms with Crippen molar-refractivity contribution < 1.29 is 14.3 Å². The number of rotatable bonds is 6. The molecule has 1 fully saturated rings. The molecule has 1 atom stereocenters. The van der Waals surface area contributed by atoms with E-state index in [1.165, 1.54) is 0 Å². The fourth-order valence-corrected chi connectivity index (χ4v) is 3.25. The molecule has 0 unspecified atom stereocenters. The number of nitrogens with zero attached hydrogens (tertiary/aromatic N) is 4. The summed E-state index contributed by atoms with van der Waals surface area (Å²) in [6.45, 7) is 1.85. The third-order valence-corrected chi connectivity index (χ3v) is 4.58. The first-order chi connectivity index (χ1) is 13.1. The van der Waals surface area contributed by atoms with E-state index in [1.54, 1.807) is 19.5 Å². The van der Waals surface area contributed by atoms with E-state index in [0.29, 0.717) is 24.7 Å². The number of ether oxygens (including phenoxy) is 2. The molecule has 7 nitrogen and oxygen atoms in total. The molecule has 0 spiro atoms. The van der Waals surface area contributed by atoms with Crippen LogP contribution in [0.15, 0.2) is 36.7 Å². The summed E-state index contributed by atoms with van der Waals surface area (Å²) in [5.74, 6) is 2.20. The van der Waals surface area contributed by atoms with Crippen molar-refractivity contribution in [3.63, 3.8) is 0 Å². The Kier molecular flexibility index (Phi) is 6.24.